The highest BCUT2D eigenvalue weighted by atomic mass is 19.4. The summed E-state index contributed by atoms with van der Waals surface area (Å²) in [5.74, 6) is -1.56. The largest absolute Gasteiger partial charge is 0.490 e. The molecule has 8 nitrogen and oxygen atoms in total. The van der Waals surface area contributed by atoms with Crippen LogP contribution in [0.5, 0.6) is 5.88 Å². The van der Waals surface area contributed by atoms with E-state index < -0.39 is 12.1 Å². The first-order valence-electron chi connectivity index (χ1n) is 10.8. The third-order valence-electron chi connectivity index (χ3n) is 6.06. The lowest BCUT2D eigenvalue weighted by Gasteiger charge is -2.58. The van der Waals surface area contributed by atoms with Gasteiger partial charge in [-0.15, -0.1) is 0 Å². The molecule has 184 valence electrons. The first-order chi connectivity index (χ1) is 16.0. The van der Waals surface area contributed by atoms with E-state index in [1.165, 1.54) is 0 Å². The second kappa shape index (κ2) is 10.4. The molecule has 2 aliphatic rings. The lowest BCUT2D eigenvalue weighted by Crippen LogP contribution is -2.72. The molecule has 2 fully saturated rings. The summed E-state index contributed by atoms with van der Waals surface area (Å²) < 4.78 is 37.6. The summed E-state index contributed by atoms with van der Waals surface area (Å²) in [6.07, 6.45) is -1.18. The van der Waals surface area contributed by atoms with Crippen LogP contribution >= 0.6 is 0 Å². The number of aromatic nitrogens is 2. The van der Waals surface area contributed by atoms with Crippen LogP contribution in [-0.2, 0) is 4.79 Å². The summed E-state index contributed by atoms with van der Waals surface area (Å²) in [7, 11) is 2.17. The zero-order chi connectivity index (χ0) is 24.9. The molecule has 0 saturated carbocycles. The maximum Gasteiger partial charge on any atom is 0.490 e. The smallest absolute Gasteiger partial charge is 0.477 e. The number of carboxylic acid groups (broad SMARTS) is 1. The third-order valence-corrected chi connectivity index (χ3v) is 6.06. The van der Waals surface area contributed by atoms with Gasteiger partial charge < -0.3 is 14.7 Å². The fourth-order valence-electron chi connectivity index (χ4n) is 4.19. The van der Waals surface area contributed by atoms with Crippen LogP contribution in [0.2, 0.25) is 0 Å². The molecular weight excluding hydrogens is 453 g/mol. The van der Waals surface area contributed by atoms with Crippen molar-refractivity contribution in [2.24, 2.45) is 5.92 Å². The van der Waals surface area contributed by atoms with Crippen LogP contribution in [0.3, 0.4) is 0 Å². The molecule has 2 aromatic heterocycles. The fraction of sp³-hybridized carbons (Fsp3) is 0.478. The van der Waals surface area contributed by atoms with Crippen LogP contribution in [-0.4, -0.2) is 81.8 Å². The van der Waals surface area contributed by atoms with Gasteiger partial charge in [-0.3, -0.25) is 9.69 Å². The molecule has 2 aliphatic heterocycles. The van der Waals surface area contributed by atoms with Crippen LogP contribution in [0.1, 0.15) is 29.0 Å². The van der Waals surface area contributed by atoms with E-state index in [2.05, 4.69) is 21.9 Å². The molecule has 1 atom stereocenters. The van der Waals surface area contributed by atoms with Gasteiger partial charge in [0, 0.05) is 31.0 Å². The van der Waals surface area contributed by atoms with Gasteiger partial charge in [-0.05, 0) is 57.5 Å². The number of carbonyl (C=O) groups is 2. The van der Waals surface area contributed by atoms with E-state index in [1.807, 2.05) is 42.2 Å². The number of aliphatic carboxylic acids is 1. The van der Waals surface area contributed by atoms with Crippen molar-refractivity contribution in [2.75, 3.05) is 33.3 Å². The van der Waals surface area contributed by atoms with Gasteiger partial charge in [0.2, 0.25) is 5.88 Å². The molecule has 1 amide bonds. The number of aryl methyl sites for hydroxylation is 1. The number of carboxylic acids is 1. The first-order valence-corrected chi connectivity index (χ1v) is 10.8. The molecule has 1 N–H and O–H groups in total. The van der Waals surface area contributed by atoms with Gasteiger partial charge in [0.25, 0.3) is 5.91 Å². The van der Waals surface area contributed by atoms with Crippen molar-refractivity contribution >= 4 is 11.9 Å². The SMILES string of the molecule is Cc1cccc(C(=O)N2CC3(CC(COc4ccccn4)CCN3C)C2)n1.O=C(O)C(F)(F)F. The topological polar surface area (TPSA) is 95.9 Å². The van der Waals surface area contributed by atoms with Crippen molar-refractivity contribution in [2.45, 2.75) is 31.5 Å². The Morgan fingerprint density at radius 2 is 1.91 bits per heavy atom. The number of likely N-dealkylation sites (tertiary alicyclic amines) is 2. The maximum atomic E-state index is 12.7. The highest BCUT2D eigenvalue weighted by Gasteiger charge is 2.51. The lowest BCUT2D eigenvalue weighted by atomic mass is 9.75. The molecule has 4 heterocycles. The van der Waals surface area contributed by atoms with E-state index in [-0.39, 0.29) is 11.4 Å². The number of halogens is 3. The molecule has 4 rings (SSSR count). The Morgan fingerprint density at radius 3 is 2.50 bits per heavy atom. The summed E-state index contributed by atoms with van der Waals surface area (Å²) in [5.41, 5.74) is 1.48. The van der Waals surface area contributed by atoms with Crippen LogP contribution in [0, 0.1) is 12.8 Å². The molecular formula is C23H27F3N4O4. The molecule has 0 radical (unpaired) electrons. The Hall–Kier alpha value is -3.21. The van der Waals surface area contributed by atoms with Crippen molar-refractivity contribution in [1.29, 1.82) is 0 Å². The standard InChI is InChI=1S/C21H26N4O2.C2HF3O2/c1-16-6-5-7-18(23-16)20(26)25-14-21(15-25)12-17(9-11-24(21)2)13-27-19-8-3-4-10-22-19;3-2(4,5)1(6)7/h3-8,10,17H,9,11-15H2,1-2H3;(H,6,7). The summed E-state index contributed by atoms with van der Waals surface area (Å²) in [6.45, 7) is 5.15. The third kappa shape index (κ3) is 6.22. The molecule has 2 saturated heterocycles. The van der Waals surface area contributed by atoms with Gasteiger partial charge in [-0.1, -0.05) is 12.1 Å². The Kier molecular flexibility index (Phi) is 7.75. The monoisotopic (exact) mass is 480 g/mol. The average molecular weight is 480 g/mol. The second-order valence-corrected chi connectivity index (χ2v) is 8.61. The number of likely N-dealkylation sites (N-methyl/N-ethyl adjacent to an activating group) is 1. The van der Waals surface area contributed by atoms with E-state index in [9.17, 15) is 18.0 Å². The quantitative estimate of drug-likeness (QED) is 0.719. The highest BCUT2D eigenvalue weighted by Crippen LogP contribution is 2.38. The molecule has 2 aromatic rings. The first kappa shape index (κ1) is 25.4. The van der Waals surface area contributed by atoms with E-state index in [1.54, 1.807) is 12.3 Å². The zero-order valence-electron chi connectivity index (χ0n) is 19.0. The minimum absolute atomic E-state index is 0.0320. The van der Waals surface area contributed by atoms with Gasteiger partial charge in [0.1, 0.15) is 5.69 Å². The molecule has 11 heteroatoms. The number of nitrogens with zero attached hydrogens (tertiary/aromatic N) is 4. The normalized spacial score (nSPS) is 19.6. The summed E-state index contributed by atoms with van der Waals surface area (Å²) in [4.78, 5) is 34.6. The van der Waals surface area contributed by atoms with Gasteiger partial charge in [0.05, 0.1) is 12.1 Å². The van der Waals surface area contributed by atoms with E-state index >= 15 is 0 Å². The summed E-state index contributed by atoms with van der Waals surface area (Å²) >= 11 is 0. The Balaban J connectivity index is 0.000000406. The number of pyridine rings is 2. The van der Waals surface area contributed by atoms with Gasteiger partial charge in [-0.25, -0.2) is 14.8 Å². The number of amides is 1. The highest BCUT2D eigenvalue weighted by molar-refractivity contribution is 5.93. The van der Waals surface area contributed by atoms with Crippen molar-refractivity contribution in [1.82, 2.24) is 19.8 Å². The zero-order valence-corrected chi connectivity index (χ0v) is 19.0. The fourth-order valence-corrected chi connectivity index (χ4v) is 4.19. The predicted octanol–water partition coefficient (Wildman–Crippen LogP) is 3.03. The lowest BCUT2D eigenvalue weighted by molar-refractivity contribution is -0.192. The number of ether oxygens (including phenoxy) is 1. The van der Waals surface area contributed by atoms with E-state index in [4.69, 9.17) is 14.6 Å². The molecule has 0 aromatic carbocycles. The molecule has 34 heavy (non-hydrogen) atoms. The van der Waals surface area contributed by atoms with Gasteiger partial charge in [-0.2, -0.15) is 13.2 Å². The predicted molar refractivity (Wildman–Crippen MR) is 116 cm³/mol. The van der Waals surface area contributed by atoms with Crippen molar-refractivity contribution in [3.63, 3.8) is 0 Å². The molecule has 1 unspecified atom stereocenters. The van der Waals surface area contributed by atoms with Crippen LogP contribution in [0.15, 0.2) is 42.6 Å². The number of piperidine rings is 1. The Labute approximate surface area is 195 Å². The number of hydrogen-bond donors (Lipinski definition) is 1. The van der Waals surface area contributed by atoms with E-state index in [0.29, 0.717) is 24.1 Å². The number of hydrogen-bond acceptors (Lipinski definition) is 6. The van der Waals surface area contributed by atoms with Crippen molar-refractivity contribution < 1.29 is 32.6 Å². The minimum atomic E-state index is -5.08. The number of carbonyl (C=O) groups excluding carboxylic acids is 1. The second-order valence-electron chi connectivity index (χ2n) is 8.61. The van der Waals surface area contributed by atoms with Crippen LogP contribution < -0.4 is 4.74 Å². The maximum absolute atomic E-state index is 12.7. The number of alkyl halides is 3. The average Bonchev–Trinajstić information content (AvgIpc) is 2.77. The minimum Gasteiger partial charge on any atom is -0.477 e. The van der Waals surface area contributed by atoms with Crippen LogP contribution in [0.4, 0.5) is 13.2 Å². The summed E-state index contributed by atoms with van der Waals surface area (Å²) in [5, 5.41) is 7.12. The van der Waals surface area contributed by atoms with E-state index in [0.717, 1.165) is 38.2 Å². The molecule has 1 spiro atoms. The van der Waals surface area contributed by atoms with Crippen molar-refractivity contribution in [3.05, 3.63) is 54.0 Å². The van der Waals surface area contributed by atoms with Crippen LogP contribution in [0.25, 0.3) is 0 Å². The molecule has 0 bridgehead atoms. The number of rotatable bonds is 4. The summed E-state index contributed by atoms with van der Waals surface area (Å²) in [6, 6.07) is 11.3. The van der Waals surface area contributed by atoms with Crippen molar-refractivity contribution in [3.8, 4) is 5.88 Å². The Morgan fingerprint density at radius 1 is 1.21 bits per heavy atom. The molecule has 0 aliphatic carbocycles. The Bertz CT molecular complexity index is 997. The van der Waals surface area contributed by atoms with Gasteiger partial charge in [0.15, 0.2) is 0 Å². The van der Waals surface area contributed by atoms with Gasteiger partial charge >= 0.3 is 12.1 Å².